The number of nitrogens with two attached hydrogens (primary N) is 1. The minimum atomic E-state index is 0.494. The smallest absolute Gasteiger partial charge is 0.237 e. The van der Waals surface area contributed by atoms with Crippen LogP contribution in [-0.4, -0.2) is 43.3 Å². The summed E-state index contributed by atoms with van der Waals surface area (Å²) in [4.78, 5) is 5.63. The molecule has 0 aliphatic rings. The van der Waals surface area contributed by atoms with Gasteiger partial charge in [0.25, 0.3) is 0 Å². The number of hydrogen-bond acceptors (Lipinski definition) is 9. The summed E-state index contributed by atoms with van der Waals surface area (Å²) in [6.07, 6.45) is 4.89. The Balaban J connectivity index is 1.62. The third kappa shape index (κ3) is 4.50. The summed E-state index contributed by atoms with van der Waals surface area (Å²) in [5, 5.41) is 12.9. The number of thioether (sulfide) groups is 3. The van der Waals surface area contributed by atoms with E-state index >= 15 is 0 Å². The van der Waals surface area contributed by atoms with Crippen LogP contribution in [0.15, 0.2) is 38.8 Å². The fourth-order valence-electron chi connectivity index (χ4n) is 2.07. The Hall–Kier alpha value is -1.65. The van der Waals surface area contributed by atoms with E-state index in [1.807, 2.05) is 30.5 Å². The number of nitrogens with zero attached hydrogens (tertiary/aromatic N) is 5. The zero-order valence-electron chi connectivity index (χ0n) is 13.9. The summed E-state index contributed by atoms with van der Waals surface area (Å²) in [7, 11) is 0. The molecule has 7 nitrogen and oxygen atoms in total. The quantitative estimate of drug-likeness (QED) is 0.457. The van der Waals surface area contributed by atoms with Gasteiger partial charge in [0.15, 0.2) is 5.82 Å². The molecule has 0 saturated heterocycles. The summed E-state index contributed by atoms with van der Waals surface area (Å²) < 4.78 is 6.85. The first-order valence-electron chi connectivity index (χ1n) is 7.49. The zero-order chi connectivity index (χ0) is 17.6. The van der Waals surface area contributed by atoms with Crippen LogP contribution in [-0.2, 0) is 12.2 Å². The van der Waals surface area contributed by atoms with Crippen molar-refractivity contribution in [3.63, 3.8) is 0 Å². The summed E-state index contributed by atoms with van der Waals surface area (Å²) in [6, 6.07) is 8.06. The highest BCUT2D eigenvalue weighted by Crippen LogP contribution is 2.24. The molecule has 2 N–H and O–H groups in total. The van der Waals surface area contributed by atoms with Crippen LogP contribution in [0.5, 0.6) is 0 Å². The van der Waals surface area contributed by atoms with Gasteiger partial charge in [-0.1, -0.05) is 16.9 Å². The molecule has 2 heterocycles. The van der Waals surface area contributed by atoms with Crippen molar-refractivity contribution in [2.45, 2.75) is 22.2 Å². The Morgan fingerprint density at radius 2 is 1.96 bits per heavy atom. The van der Waals surface area contributed by atoms with E-state index in [1.54, 1.807) is 23.5 Å². The third-order valence-electron chi connectivity index (χ3n) is 3.41. The maximum atomic E-state index is 6.02. The molecule has 10 heteroatoms. The van der Waals surface area contributed by atoms with Crippen LogP contribution in [0.25, 0.3) is 11.4 Å². The van der Waals surface area contributed by atoms with Crippen molar-refractivity contribution in [2.24, 2.45) is 0 Å². The zero-order valence-corrected chi connectivity index (χ0v) is 16.3. The van der Waals surface area contributed by atoms with E-state index in [0.717, 1.165) is 23.6 Å². The lowest BCUT2D eigenvalue weighted by Crippen LogP contribution is -2.14. The molecular weight excluding hydrogens is 376 g/mol. The molecule has 0 spiro atoms. The van der Waals surface area contributed by atoms with Gasteiger partial charge in [0.1, 0.15) is 0 Å². The molecule has 2 aromatic heterocycles. The monoisotopic (exact) mass is 394 g/mol. The molecule has 132 valence electrons. The largest absolute Gasteiger partial charge is 0.338 e. The van der Waals surface area contributed by atoms with Crippen molar-refractivity contribution < 1.29 is 4.52 Å². The van der Waals surface area contributed by atoms with Crippen LogP contribution in [0.1, 0.15) is 11.7 Å². The lowest BCUT2D eigenvalue weighted by atomic mass is 10.2. The molecular formula is C15H18N6OS3. The second-order valence-corrected chi connectivity index (χ2v) is 7.85. The minimum Gasteiger partial charge on any atom is -0.338 e. The fourth-order valence-corrected chi connectivity index (χ4v) is 3.57. The summed E-state index contributed by atoms with van der Waals surface area (Å²) in [6.45, 7) is 0. The summed E-state index contributed by atoms with van der Waals surface area (Å²) >= 11 is 4.87. The van der Waals surface area contributed by atoms with Gasteiger partial charge in [0.2, 0.25) is 16.9 Å². The molecule has 25 heavy (non-hydrogen) atoms. The van der Waals surface area contributed by atoms with Crippen LogP contribution in [0.4, 0.5) is 0 Å². The van der Waals surface area contributed by atoms with E-state index in [4.69, 9.17) is 10.4 Å². The normalized spacial score (nSPS) is 11.1. The molecule has 3 aromatic rings. The first kappa shape index (κ1) is 18.2. The maximum absolute atomic E-state index is 6.02. The number of benzene rings is 1. The molecule has 0 amide bonds. The van der Waals surface area contributed by atoms with Gasteiger partial charge in [-0.15, -0.1) is 22.0 Å². The fraction of sp³-hybridized carbons (Fsp3) is 0.333. The Labute approximate surface area is 158 Å². The van der Waals surface area contributed by atoms with Crippen LogP contribution in [0.3, 0.4) is 0 Å². The van der Waals surface area contributed by atoms with Crippen molar-refractivity contribution >= 4 is 35.3 Å². The lowest BCUT2D eigenvalue weighted by molar-refractivity contribution is 0.391. The molecule has 0 unspecified atom stereocenters. The number of aryl methyl sites for hydroxylation is 1. The van der Waals surface area contributed by atoms with E-state index in [-0.39, 0.29) is 0 Å². The van der Waals surface area contributed by atoms with E-state index in [9.17, 15) is 0 Å². The lowest BCUT2D eigenvalue weighted by Gasteiger charge is -2.01. The number of nitrogen functional groups attached to an aromatic ring is 1. The molecule has 0 aliphatic heterocycles. The van der Waals surface area contributed by atoms with Gasteiger partial charge in [0.05, 0.1) is 5.75 Å². The van der Waals surface area contributed by atoms with Crippen molar-refractivity contribution in [1.29, 1.82) is 0 Å². The van der Waals surface area contributed by atoms with Crippen LogP contribution in [0, 0.1) is 0 Å². The first-order chi connectivity index (χ1) is 12.2. The van der Waals surface area contributed by atoms with Gasteiger partial charge in [-0.2, -0.15) is 16.7 Å². The van der Waals surface area contributed by atoms with Crippen molar-refractivity contribution in [3.05, 3.63) is 36.0 Å². The van der Waals surface area contributed by atoms with E-state index < -0.39 is 0 Å². The molecule has 0 fully saturated rings. The summed E-state index contributed by atoms with van der Waals surface area (Å²) in [5.74, 6) is 9.37. The van der Waals surface area contributed by atoms with Gasteiger partial charge in [-0.3, -0.25) is 0 Å². The van der Waals surface area contributed by atoms with E-state index in [2.05, 4.69) is 26.6 Å². The maximum Gasteiger partial charge on any atom is 0.237 e. The average molecular weight is 395 g/mol. The van der Waals surface area contributed by atoms with Crippen LogP contribution < -0.4 is 5.84 Å². The van der Waals surface area contributed by atoms with Gasteiger partial charge in [0, 0.05) is 22.6 Å². The van der Waals surface area contributed by atoms with E-state index in [0.29, 0.717) is 22.6 Å². The van der Waals surface area contributed by atoms with Crippen molar-refractivity contribution in [2.75, 3.05) is 24.1 Å². The second kappa shape index (κ2) is 8.63. The van der Waals surface area contributed by atoms with Gasteiger partial charge < -0.3 is 10.4 Å². The van der Waals surface area contributed by atoms with Gasteiger partial charge >= 0.3 is 0 Å². The Morgan fingerprint density at radius 1 is 1.16 bits per heavy atom. The number of rotatable bonds is 8. The molecule has 0 bridgehead atoms. The standard InChI is InChI=1S/C15H18N6OS3/c1-23-8-7-12-18-19-15(21(12)16)25-9-13-17-14(20-22-13)10-3-5-11(24-2)6-4-10/h3-6H,7-9,16H2,1-2H3. The highest BCUT2D eigenvalue weighted by atomic mass is 32.2. The van der Waals surface area contributed by atoms with Crippen molar-refractivity contribution in [3.8, 4) is 11.4 Å². The molecule has 3 rings (SSSR count). The number of hydrogen-bond donors (Lipinski definition) is 1. The molecule has 0 aliphatic carbocycles. The second-order valence-electron chi connectivity index (χ2n) is 5.04. The topological polar surface area (TPSA) is 95.6 Å². The highest BCUT2D eigenvalue weighted by Gasteiger charge is 2.13. The van der Waals surface area contributed by atoms with E-state index in [1.165, 1.54) is 21.3 Å². The molecule has 1 aromatic carbocycles. The molecule has 0 atom stereocenters. The van der Waals surface area contributed by atoms with Crippen molar-refractivity contribution in [1.82, 2.24) is 25.0 Å². The summed E-state index contributed by atoms with van der Waals surface area (Å²) in [5.41, 5.74) is 0.930. The first-order valence-corrected chi connectivity index (χ1v) is 11.1. The third-order valence-corrected chi connectivity index (χ3v) is 5.69. The predicted octanol–water partition coefficient (Wildman–Crippen LogP) is 2.96. The van der Waals surface area contributed by atoms with Gasteiger partial charge in [-0.25, -0.2) is 4.68 Å². The minimum absolute atomic E-state index is 0.494. The highest BCUT2D eigenvalue weighted by molar-refractivity contribution is 7.99. The Bertz CT molecular complexity index is 817. The predicted molar refractivity (Wildman–Crippen MR) is 103 cm³/mol. The average Bonchev–Trinajstić information content (AvgIpc) is 3.25. The Morgan fingerprint density at radius 3 is 2.68 bits per heavy atom. The molecule has 0 radical (unpaired) electrons. The SMILES string of the molecule is CSCCc1nnc(SCc2nc(-c3ccc(SC)cc3)no2)n1N. The molecule has 0 saturated carbocycles. The van der Waals surface area contributed by atoms with Crippen LogP contribution >= 0.6 is 35.3 Å². The number of aromatic nitrogens is 5. The van der Waals surface area contributed by atoms with Gasteiger partial charge in [-0.05, 0) is 36.8 Å². The van der Waals surface area contributed by atoms with Crippen LogP contribution in [0.2, 0.25) is 0 Å². The Kier molecular flexibility index (Phi) is 6.27.